The number of nitrogens with zero attached hydrogens (tertiary/aromatic N) is 1. The van der Waals surface area contributed by atoms with Crippen LogP contribution in [0, 0.1) is 0 Å². The average Bonchev–Trinajstić information content (AvgIpc) is 2.70. The summed E-state index contributed by atoms with van der Waals surface area (Å²) in [4.78, 5) is 15.0. The third kappa shape index (κ3) is 2.87. The molecule has 0 bridgehead atoms. The predicted octanol–water partition coefficient (Wildman–Crippen LogP) is 3.76. The van der Waals surface area contributed by atoms with Crippen LogP contribution in [0.1, 0.15) is 16.6 Å². The molecule has 1 heterocycles. The molecular weight excluding hydrogens is 298 g/mol. The van der Waals surface area contributed by atoms with E-state index in [-0.39, 0.29) is 5.91 Å². The molecule has 0 aliphatic carbocycles. The quantitative estimate of drug-likeness (QED) is 0.790. The molecule has 1 aromatic heterocycles. The number of rotatable bonds is 3. The van der Waals surface area contributed by atoms with E-state index in [9.17, 15) is 4.79 Å². The van der Waals surface area contributed by atoms with Crippen LogP contribution < -0.4 is 0 Å². The first-order valence-electron chi connectivity index (χ1n) is 5.46. The minimum Gasteiger partial charge on any atom is -0.340 e. The molecule has 0 radical (unpaired) electrons. The van der Waals surface area contributed by atoms with E-state index < -0.39 is 0 Å². The first kappa shape index (κ1) is 12.6. The van der Waals surface area contributed by atoms with Gasteiger partial charge in [-0.05, 0) is 17.5 Å². The number of hydrogen-bond donors (Lipinski definition) is 0. The molecule has 0 aliphatic rings. The zero-order valence-corrected chi connectivity index (χ0v) is 12.2. The maximum Gasteiger partial charge on any atom is 0.263 e. The lowest BCUT2D eigenvalue weighted by molar-refractivity contribution is 0.0802. The van der Waals surface area contributed by atoms with Gasteiger partial charge in [0.05, 0.1) is 4.88 Å². The Hall–Kier alpha value is -0.870. The van der Waals surface area contributed by atoms with E-state index in [2.05, 4.69) is 15.9 Å². The van der Waals surface area contributed by atoms with Gasteiger partial charge in [-0.1, -0.05) is 41.1 Å². The van der Waals surface area contributed by atoms with E-state index >= 15 is 0 Å². The van der Waals surface area contributed by atoms with Crippen molar-refractivity contribution < 1.29 is 4.79 Å². The van der Waals surface area contributed by atoms with Crippen molar-refractivity contribution in [1.82, 2.24) is 4.90 Å². The molecule has 1 aromatic carbocycles. The zero-order chi connectivity index (χ0) is 12.4. The van der Waals surface area contributed by atoms with Crippen molar-refractivity contribution in [3.05, 3.63) is 35.2 Å². The maximum atomic E-state index is 12.2. The number of halogens is 1. The second kappa shape index (κ2) is 5.19. The standard InChI is InChI=1S/C13H14BrNOS/c1-9(14)8-15(2)13(16)12-7-10-5-3-4-6-11(10)17-12/h3-7,9H,8H2,1-2H3. The number of benzene rings is 1. The molecule has 1 unspecified atom stereocenters. The van der Waals surface area contributed by atoms with Crippen LogP contribution in [0.25, 0.3) is 10.1 Å². The Labute approximate surface area is 113 Å². The lowest BCUT2D eigenvalue weighted by Gasteiger charge is -2.17. The molecule has 17 heavy (non-hydrogen) atoms. The Balaban J connectivity index is 2.24. The molecule has 0 spiro atoms. The van der Waals surface area contributed by atoms with Crippen molar-refractivity contribution in [2.24, 2.45) is 0 Å². The van der Waals surface area contributed by atoms with E-state index in [1.165, 1.54) is 0 Å². The molecule has 4 heteroatoms. The molecule has 1 amide bonds. The third-order valence-electron chi connectivity index (χ3n) is 2.51. The molecular formula is C13H14BrNOS. The number of carbonyl (C=O) groups is 1. The summed E-state index contributed by atoms with van der Waals surface area (Å²) in [5.74, 6) is 0.0949. The van der Waals surface area contributed by atoms with Gasteiger partial charge in [0.1, 0.15) is 0 Å². The molecule has 1 atom stereocenters. The van der Waals surface area contributed by atoms with Crippen LogP contribution in [0.5, 0.6) is 0 Å². The smallest absolute Gasteiger partial charge is 0.263 e. The molecule has 0 saturated heterocycles. The van der Waals surface area contributed by atoms with Gasteiger partial charge >= 0.3 is 0 Å². The minimum atomic E-state index is 0.0949. The van der Waals surface area contributed by atoms with Crippen LogP contribution in [0.4, 0.5) is 0 Å². The highest BCUT2D eigenvalue weighted by atomic mass is 79.9. The fourth-order valence-corrected chi connectivity index (χ4v) is 3.23. The van der Waals surface area contributed by atoms with E-state index in [1.807, 2.05) is 44.3 Å². The predicted molar refractivity (Wildman–Crippen MR) is 77.2 cm³/mol. The van der Waals surface area contributed by atoms with Crippen molar-refractivity contribution >= 4 is 43.3 Å². The van der Waals surface area contributed by atoms with Gasteiger partial charge in [0.2, 0.25) is 0 Å². The Morgan fingerprint density at radius 3 is 2.82 bits per heavy atom. The van der Waals surface area contributed by atoms with Gasteiger partial charge in [-0.2, -0.15) is 0 Å². The fourth-order valence-electron chi connectivity index (χ4n) is 1.74. The Kier molecular flexibility index (Phi) is 3.84. The second-order valence-electron chi connectivity index (χ2n) is 4.11. The van der Waals surface area contributed by atoms with E-state index in [0.717, 1.165) is 15.0 Å². The lowest BCUT2D eigenvalue weighted by Crippen LogP contribution is -2.30. The monoisotopic (exact) mass is 311 g/mol. The van der Waals surface area contributed by atoms with Gasteiger partial charge in [0.25, 0.3) is 5.91 Å². The van der Waals surface area contributed by atoms with E-state index in [4.69, 9.17) is 0 Å². The molecule has 90 valence electrons. The number of hydrogen-bond acceptors (Lipinski definition) is 2. The van der Waals surface area contributed by atoms with Crippen LogP contribution in [-0.4, -0.2) is 29.2 Å². The summed E-state index contributed by atoms with van der Waals surface area (Å²) in [6.45, 7) is 2.75. The summed E-state index contributed by atoms with van der Waals surface area (Å²) in [5.41, 5.74) is 0. The van der Waals surface area contributed by atoms with Crippen molar-refractivity contribution in [1.29, 1.82) is 0 Å². The van der Waals surface area contributed by atoms with Crippen molar-refractivity contribution in [3.63, 3.8) is 0 Å². The number of amides is 1. The summed E-state index contributed by atoms with van der Waals surface area (Å²) >= 11 is 5.01. The molecule has 2 aromatic rings. The van der Waals surface area contributed by atoms with Crippen LogP contribution in [-0.2, 0) is 0 Å². The molecule has 0 fully saturated rings. The van der Waals surface area contributed by atoms with Crippen LogP contribution in [0.2, 0.25) is 0 Å². The lowest BCUT2D eigenvalue weighted by atomic mass is 10.2. The SMILES string of the molecule is CC(Br)CN(C)C(=O)c1cc2ccccc2s1. The van der Waals surface area contributed by atoms with Crippen LogP contribution >= 0.6 is 27.3 Å². The number of thiophene rings is 1. The van der Waals surface area contributed by atoms with Gasteiger partial charge in [-0.3, -0.25) is 4.79 Å². The average molecular weight is 312 g/mol. The van der Waals surface area contributed by atoms with Gasteiger partial charge in [-0.25, -0.2) is 0 Å². The number of fused-ring (bicyclic) bond motifs is 1. The fraction of sp³-hybridized carbons (Fsp3) is 0.308. The first-order chi connectivity index (χ1) is 8.08. The molecule has 0 N–H and O–H groups in total. The number of carbonyl (C=O) groups excluding carboxylic acids is 1. The normalized spacial score (nSPS) is 12.6. The highest BCUT2D eigenvalue weighted by Gasteiger charge is 2.15. The second-order valence-corrected chi connectivity index (χ2v) is 6.76. The van der Waals surface area contributed by atoms with E-state index in [1.54, 1.807) is 16.2 Å². The summed E-state index contributed by atoms with van der Waals surface area (Å²) in [7, 11) is 1.84. The van der Waals surface area contributed by atoms with Gasteiger partial charge in [0, 0.05) is 23.1 Å². The molecule has 2 rings (SSSR count). The Morgan fingerprint density at radius 2 is 2.18 bits per heavy atom. The molecule has 2 nitrogen and oxygen atoms in total. The topological polar surface area (TPSA) is 20.3 Å². The zero-order valence-electron chi connectivity index (χ0n) is 9.81. The van der Waals surface area contributed by atoms with Gasteiger partial charge in [0.15, 0.2) is 0 Å². The van der Waals surface area contributed by atoms with Crippen molar-refractivity contribution in [2.75, 3.05) is 13.6 Å². The Morgan fingerprint density at radius 1 is 1.47 bits per heavy atom. The highest BCUT2D eigenvalue weighted by molar-refractivity contribution is 9.09. The largest absolute Gasteiger partial charge is 0.340 e. The Bertz CT molecular complexity index is 502. The van der Waals surface area contributed by atoms with Crippen LogP contribution in [0.15, 0.2) is 30.3 Å². The minimum absolute atomic E-state index is 0.0949. The third-order valence-corrected chi connectivity index (χ3v) is 3.90. The van der Waals surface area contributed by atoms with Gasteiger partial charge in [-0.15, -0.1) is 11.3 Å². The summed E-state index contributed by atoms with van der Waals surface area (Å²) in [6, 6.07) is 10.0. The highest BCUT2D eigenvalue weighted by Crippen LogP contribution is 2.26. The first-order valence-corrected chi connectivity index (χ1v) is 7.19. The van der Waals surface area contributed by atoms with Crippen molar-refractivity contribution in [2.45, 2.75) is 11.8 Å². The summed E-state index contributed by atoms with van der Waals surface area (Å²) < 4.78 is 1.16. The molecule has 0 aliphatic heterocycles. The van der Waals surface area contributed by atoms with Crippen LogP contribution in [0.3, 0.4) is 0 Å². The van der Waals surface area contributed by atoms with Gasteiger partial charge < -0.3 is 4.90 Å². The van der Waals surface area contributed by atoms with Crippen molar-refractivity contribution in [3.8, 4) is 0 Å². The maximum absolute atomic E-state index is 12.2. The number of alkyl halides is 1. The van der Waals surface area contributed by atoms with E-state index in [0.29, 0.717) is 11.4 Å². The summed E-state index contributed by atoms with van der Waals surface area (Å²) in [5, 5.41) is 1.14. The molecule has 0 saturated carbocycles. The summed E-state index contributed by atoms with van der Waals surface area (Å²) in [6.07, 6.45) is 0.